The normalized spacial score (nSPS) is 10.7. The number of hydrogen-bond acceptors (Lipinski definition) is 8. The highest BCUT2D eigenvalue weighted by Crippen LogP contribution is 2.30. The first-order valence-corrected chi connectivity index (χ1v) is 8.51. The number of tetrazole rings is 1. The lowest BCUT2D eigenvalue weighted by Crippen LogP contribution is -2.14. The molecule has 0 saturated heterocycles. The van der Waals surface area contributed by atoms with Gasteiger partial charge in [0.1, 0.15) is 12.1 Å². The van der Waals surface area contributed by atoms with E-state index in [4.69, 9.17) is 16.3 Å². The van der Waals surface area contributed by atoms with Crippen LogP contribution in [-0.2, 0) is 0 Å². The predicted molar refractivity (Wildman–Crippen MR) is 101 cm³/mol. The van der Waals surface area contributed by atoms with E-state index in [2.05, 4.69) is 35.5 Å². The molecule has 2 N–H and O–H groups in total. The molecule has 1 amide bonds. The second-order valence-electron chi connectivity index (χ2n) is 5.74. The van der Waals surface area contributed by atoms with Crippen molar-refractivity contribution in [3.05, 3.63) is 63.9 Å². The van der Waals surface area contributed by atoms with E-state index in [1.54, 1.807) is 30.3 Å². The quantitative estimate of drug-likeness (QED) is 0.505. The molecule has 0 bridgehead atoms. The van der Waals surface area contributed by atoms with Crippen LogP contribution in [0.2, 0.25) is 5.02 Å². The van der Waals surface area contributed by atoms with Crippen molar-refractivity contribution < 1.29 is 14.1 Å². The van der Waals surface area contributed by atoms with Gasteiger partial charge in [0.2, 0.25) is 0 Å². The van der Waals surface area contributed by atoms with E-state index in [9.17, 15) is 9.59 Å². The van der Waals surface area contributed by atoms with E-state index in [-0.39, 0.29) is 22.2 Å². The molecule has 0 aliphatic heterocycles. The van der Waals surface area contributed by atoms with Crippen LogP contribution in [0.5, 0.6) is 5.75 Å². The molecular formula is C17H12ClN7O4. The van der Waals surface area contributed by atoms with Gasteiger partial charge in [0.05, 0.1) is 23.4 Å². The lowest BCUT2D eigenvalue weighted by Gasteiger charge is -2.13. The first kappa shape index (κ1) is 18.4. The van der Waals surface area contributed by atoms with Gasteiger partial charge in [0.25, 0.3) is 5.91 Å². The molecule has 4 rings (SSSR count). The Bertz CT molecular complexity index is 1230. The van der Waals surface area contributed by atoms with Crippen LogP contribution in [0.1, 0.15) is 10.4 Å². The highest BCUT2D eigenvalue weighted by molar-refractivity contribution is 6.33. The number of H-pyrrole nitrogens is 1. The molecule has 0 atom stereocenters. The molecule has 0 unspecified atom stereocenters. The van der Waals surface area contributed by atoms with Gasteiger partial charge in [-0.2, -0.15) is 4.68 Å². The Kier molecular flexibility index (Phi) is 4.79. The van der Waals surface area contributed by atoms with Crippen LogP contribution in [0.4, 0.5) is 5.69 Å². The van der Waals surface area contributed by atoms with Crippen LogP contribution >= 0.6 is 11.6 Å². The fourth-order valence-electron chi connectivity index (χ4n) is 2.63. The van der Waals surface area contributed by atoms with Crippen molar-refractivity contribution in [1.82, 2.24) is 30.3 Å². The Morgan fingerprint density at radius 2 is 2.17 bits per heavy atom. The maximum Gasteiger partial charge on any atom is 0.439 e. The summed E-state index contributed by atoms with van der Waals surface area (Å²) < 4.78 is 11.2. The summed E-state index contributed by atoms with van der Waals surface area (Å²) in [7, 11) is 1.44. The number of ether oxygens (including phenoxy) is 1. The lowest BCUT2D eigenvalue weighted by molar-refractivity contribution is 0.102. The molecule has 0 radical (unpaired) electrons. The number of hydrogen-bond donors (Lipinski definition) is 2. The number of benzene rings is 2. The molecule has 2 aromatic carbocycles. The van der Waals surface area contributed by atoms with Crippen molar-refractivity contribution in [2.24, 2.45) is 0 Å². The van der Waals surface area contributed by atoms with Gasteiger partial charge in [0, 0.05) is 17.3 Å². The summed E-state index contributed by atoms with van der Waals surface area (Å²) in [5.74, 6) is -0.582. The number of rotatable bonds is 5. The summed E-state index contributed by atoms with van der Waals surface area (Å²) in [6.07, 6.45) is 1.38. The first-order valence-electron chi connectivity index (χ1n) is 8.14. The number of carbonyl (C=O) groups excluding carboxylic acids is 1. The summed E-state index contributed by atoms with van der Waals surface area (Å²) in [6.45, 7) is 0. The predicted octanol–water partition coefficient (Wildman–Crippen LogP) is 1.92. The standard InChI is InChI=1S/C17H12ClN7O4/c1-28-14-7-13(25-8-19-23-24-25)12(18)6-11(14)16(26)20-10-4-2-3-9(5-10)15-21-17(27)29-22-15/h2-8H,1H3,(H,20,26)(H,21,22,27). The van der Waals surface area contributed by atoms with Crippen molar-refractivity contribution >= 4 is 23.2 Å². The van der Waals surface area contributed by atoms with Crippen LogP contribution in [0.15, 0.2) is 52.0 Å². The SMILES string of the molecule is COc1cc(-n2cnnn2)c(Cl)cc1C(=O)Nc1cccc(-c2noc(=O)[nH]2)c1. The van der Waals surface area contributed by atoms with Crippen molar-refractivity contribution in [2.75, 3.05) is 12.4 Å². The second kappa shape index (κ2) is 7.56. The molecule has 12 heteroatoms. The van der Waals surface area contributed by atoms with E-state index in [1.807, 2.05) is 0 Å². The minimum atomic E-state index is -0.670. The molecule has 2 heterocycles. The molecule has 0 fully saturated rings. The van der Waals surface area contributed by atoms with E-state index in [1.165, 1.54) is 24.2 Å². The molecule has 4 aromatic rings. The number of aromatic nitrogens is 6. The van der Waals surface area contributed by atoms with Crippen molar-refractivity contribution in [3.8, 4) is 22.8 Å². The zero-order valence-electron chi connectivity index (χ0n) is 14.8. The highest BCUT2D eigenvalue weighted by Gasteiger charge is 2.18. The fourth-order valence-corrected chi connectivity index (χ4v) is 2.88. The molecule has 0 spiro atoms. The zero-order valence-corrected chi connectivity index (χ0v) is 15.5. The lowest BCUT2D eigenvalue weighted by atomic mass is 10.1. The van der Waals surface area contributed by atoms with Crippen LogP contribution in [-0.4, -0.2) is 43.4 Å². The zero-order chi connectivity index (χ0) is 20.4. The number of nitrogens with zero attached hydrogens (tertiary/aromatic N) is 5. The molecule has 146 valence electrons. The third kappa shape index (κ3) is 3.71. The summed E-state index contributed by atoms with van der Waals surface area (Å²) in [5, 5.41) is 17.6. The maximum atomic E-state index is 12.8. The smallest absolute Gasteiger partial charge is 0.439 e. The van der Waals surface area contributed by atoms with Gasteiger partial charge in [-0.25, -0.2) is 4.79 Å². The minimum absolute atomic E-state index is 0.217. The average Bonchev–Trinajstić information content (AvgIpc) is 3.40. The molecule has 29 heavy (non-hydrogen) atoms. The Hall–Kier alpha value is -3.99. The van der Waals surface area contributed by atoms with Crippen molar-refractivity contribution in [3.63, 3.8) is 0 Å². The third-order valence-corrected chi connectivity index (χ3v) is 4.25. The molecule has 0 aliphatic carbocycles. The Morgan fingerprint density at radius 3 is 2.86 bits per heavy atom. The van der Waals surface area contributed by atoms with Crippen molar-refractivity contribution in [1.29, 1.82) is 0 Å². The van der Waals surface area contributed by atoms with Crippen LogP contribution in [0, 0.1) is 0 Å². The maximum absolute atomic E-state index is 12.8. The van der Waals surface area contributed by atoms with Crippen molar-refractivity contribution in [2.45, 2.75) is 0 Å². The minimum Gasteiger partial charge on any atom is -0.496 e. The number of carbonyl (C=O) groups is 1. The van der Waals surface area contributed by atoms with Gasteiger partial charge >= 0.3 is 5.76 Å². The summed E-state index contributed by atoms with van der Waals surface area (Å²) >= 11 is 6.30. The van der Waals surface area contributed by atoms with Gasteiger partial charge in [-0.3, -0.25) is 14.3 Å². The molecular weight excluding hydrogens is 402 g/mol. The number of aromatic amines is 1. The Balaban J connectivity index is 1.63. The first-order chi connectivity index (χ1) is 14.0. The van der Waals surface area contributed by atoms with Gasteiger partial charge in [-0.05, 0) is 28.6 Å². The Labute approximate surface area is 167 Å². The number of nitrogens with one attached hydrogen (secondary N) is 2. The van der Waals surface area contributed by atoms with Gasteiger partial charge in [-0.15, -0.1) is 5.10 Å². The van der Waals surface area contributed by atoms with Crippen LogP contribution < -0.4 is 15.8 Å². The summed E-state index contributed by atoms with van der Waals surface area (Å²) in [5.41, 5.74) is 1.71. The van der Waals surface area contributed by atoms with Crippen LogP contribution in [0.25, 0.3) is 17.1 Å². The van der Waals surface area contributed by atoms with E-state index in [0.29, 0.717) is 16.9 Å². The van der Waals surface area contributed by atoms with E-state index >= 15 is 0 Å². The number of methoxy groups -OCH3 is 1. The van der Waals surface area contributed by atoms with E-state index < -0.39 is 11.7 Å². The average molecular weight is 414 g/mol. The highest BCUT2D eigenvalue weighted by atomic mass is 35.5. The third-order valence-electron chi connectivity index (χ3n) is 3.94. The molecule has 2 aromatic heterocycles. The molecule has 0 saturated carbocycles. The van der Waals surface area contributed by atoms with Crippen LogP contribution in [0.3, 0.4) is 0 Å². The van der Waals surface area contributed by atoms with Gasteiger partial charge < -0.3 is 10.1 Å². The largest absolute Gasteiger partial charge is 0.496 e. The second-order valence-corrected chi connectivity index (χ2v) is 6.14. The van der Waals surface area contributed by atoms with Gasteiger partial charge in [0.15, 0.2) is 5.82 Å². The topological polar surface area (TPSA) is 141 Å². The molecule has 11 nitrogen and oxygen atoms in total. The van der Waals surface area contributed by atoms with E-state index in [0.717, 1.165) is 0 Å². The summed E-state index contributed by atoms with van der Waals surface area (Å²) in [6, 6.07) is 9.75. The number of amides is 1. The fraction of sp³-hybridized carbons (Fsp3) is 0.0588. The monoisotopic (exact) mass is 413 g/mol. The van der Waals surface area contributed by atoms with Gasteiger partial charge in [-0.1, -0.05) is 28.9 Å². The number of anilines is 1. The molecule has 0 aliphatic rings. The number of halogens is 1. The Morgan fingerprint density at radius 1 is 1.31 bits per heavy atom. The summed E-state index contributed by atoms with van der Waals surface area (Å²) in [4.78, 5) is 26.4.